The molecular weight excluding hydrogens is 746 g/mol. The van der Waals surface area contributed by atoms with Gasteiger partial charge >= 0.3 is 0 Å². The first-order valence-corrected chi connectivity index (χ1v) is 19.6. The number of piperidine rings is 1. The van der Waals surface area contributed by atoms with Crippen molar-refractivity contribution in [2.24, 2.45) is 7.05 Å². The van der Waals surface area contributed by atoms with E-state index in [0.717, 1.165) is 32.4 Å². The van der Waals surface area contributed by atoms with E-state index in [1.165, 1.54) is 17.5 Å². The Hall–Kier alpha value is -5.74. The Morgan fingerprint density at radius 3 is 2.33 bits per heavy atom. The van der Waals surface area contributed by atoms with Gasteiger partial charge in [0, 0.05) is 99.2 Å². The molecule has 1 saturated carbocycles. The topological polar surface area (TPSA) is 181 Å². The first kappa shape index (κ1) is 39.1. The Labute approximate surface area is 334 Å². The quantitative estimate of drug-likeness (QED) is 0.0947. The third-order valence-corrected chi connectivity index (χ3v) is 10.8. The summed E-state index contributed by atoms with van der Waals surface area (Å²) in [6, 6.07) is 15.9. The molecule has 1 aliphatic carbocycles. The second kappa shape index (κ2) is 17.0. The zero-order valence-corrected chi connectivity index (χ0v) is 32.2. The van der Waals surface area contributed by atoms with Crippen LogP contribution in [0.1, 0.15) is 59.2 Å². The van der Waals surface area contributed by atoms with Crippen molar-refractivity contribution in [2.75, 3.05) is 46.2 Å². The van der Waals surface area contributed by atoms with E-state index in [-0.39, 0.29) is 43.3 Å². The molecule has 2 aromatic carbocycles. The molecule has 2 aliphatic heterocycles. The number of pyridine rings is 2. The van der Waals surface area contributed by atoms with Gasteiger partial charge in [-0.2, -0.15) is 0 Å². The lowest BCUT2D eigenvalue weighted by atomic mass is 9.78. The summed E-state index contributed by atoms with van der Waals surface area (Å²) in [6.07, 6.45) is 7.92. The van der Waals surface area contributed by atoms with Crippen molar-refractivity contribution < 1.29 is 48.0 Å². The summed E-state index contributed by atoms with van der Waals surface area (Å²) in [4.78, 5) is 59.3. The average Bonchev–Trinajstić information content (AvgIpc) is 3.64. The van der Waals surface area contributed by atoms with Crippen LogP contribution in [0.2, 0.25) is 0 Å². The molecule has 3 aromatic heterocycles. The fourth-order valence-electron chi connectivity index (χ4n) is 7.76. The maximum atomic E-state index is 13.0. The Kier molecular flexibility index (Phi) is 11.5. The van der Waals surface area contributed by atoms with Crippen LogP contribution in [0.4, 0.5) is 0 Å². The first-order chi connectivity index (χ1) is 28.2. The number of fused-ring (bicyclic) bond motifs is 4. The van der Waals surface area contributed by atoms with E-state index < -0.39 is 35.3 Å². The number of aliphatic hydroxyl groups is 1. The maximum Gasteiger partial charge on any atom is 0.262 e. The molecule has 0 bridgehead atoms. The standard InChI is InChI=1S/C43H45N5O10/c1-47-35-12-13-44-25-34(35)31-7-4-27(20-37(31)47)28-5-11-39(45-24-28)58-30-22-43(53,23-30)26-56-17-3-15-54-14-2-16-55-18-19-57-29-6-8-32-33(21-29)42(52)48(41(32)51)36-9-10-38(49)46-40(36)50/h4-8,11-13,20-21,24-25,30,36,53H,2-3,9-10,14-19,22-23,26H2,1H3,(H,46,49,50). The van der Waals surface area contributed by atoms with Gasteiger partial charge in [-0.1, -0.05) is 12.1 Å². The number of hydrogen-bond donors (Lipinski definition) is 2. The van der Waals surface area contributed by atoms with Crippen molar-refractivity contribution in [2.45, 2.75) is 56.3 Å². The smallest absolute Gasteiger partial charge is 0.262 e. The van der Waals surface area contributed by atoms with Gasteiger partial charge in [-0.25, -0.2) is 4.98 Å². The van der Waals surface area contributed by atoms with Crippen molar-refractivity contribution in [3.8, 4) is 22.8 Å². The minimum absolute atomic E-state index is 0.0617. The summed E-state index contributed by atoms with van der Waals surface area (Å²) in [5, 5.41) is 15.3. The van der Waals surface area contributed by atoms with Crippen LogP contribution in [0.25, 0.3) is 32.9 Å². The predicted octanol–water partition coefficient (Wildman–Crippen LogP) is 4.37. The Morgan fingerprint density at radius 2 is 1.55 bits per heavy atom. The normalized spacial score (nSPS) is 20.4. The van der Waals surface area contributed by atoms with E-state index in [2.05, 4.69) is 45.1 Å². The van der Waals surface area contributed by atoms with Crippen LogP contribution in [0.15, 0.2) is 73.2 Å². The number of amides is 4. The van der Waals surface area contributed by atoms with Crippen LogP contribution < -0.4 is 14.8 Å². The molecule has 1 unspecified atom stereocenters. The van der Waals surface area contributed by atoms with E-state index in [1.54, 1.807) is 6.07 Å². The van der Waals surface area contributed by atoms with Crippen LogP contribution in [-0.4, -0.2) is 112 Å². The van der Waals surface area contributed by atoms with Gasteiger partial charge in [-0.3, -0.25) is 34.4 Å². The fourth-order valence-corrected chi connectivity index (χ4v) is 7.76. The Bertz CT molecular complexity index is 2340. The highest BCUT2D eigenvalue weighted by Gasteiger charge is 2.45. The number of nitrogens with one attached hydrogen (secondary N) is 1. The number of hydrogen-bond acceptors (Lipinski definition) is 12. The summed E-state index contributed by atoms with van der Waals surface area (Å²) in [5.41, 5.74) is 3.79. The third kappa shape index (κ3) is 8.29. The molecule has 1 saturated heterocycles. The first-order valence-electron chi connectivity index (χ1n) is 19.6. The molecule has 8 rings (SSSR count). The molecule has 0 spiro atoms. The minimum Gasteiger partial charge on any atom is -0.491 e. The molecule has 0 radical (unpaired) electrons. The van der Waals surface area contributed by atoms with Gasteiger partial charge in [-0.15, -0.1) is 0 Å². The van der Waals surface area contributed by atoms with E-state index in [1.807, 2.05) is 36.8 Å². The Morgan fingerprint density at radius 1 is 0.793 bits per heavy atom. The van der Waals surface area contributed by atoms with Crippen molar-refractivity contribution in [1.29, 1.82) is 0 Å². The number of aromatic nitrogens is 3. The number of imide groups is 2. The summed E-state index contributed by atoms with van der Waals surface area (Å²) >= 11 is 0. The number of rotatable bonds is 18. The van der Waals surface area contributed by atoms with Gasteiger partial charge in [0.2, 0.25) is 17.7 Å². The lowest BCUT2D eigenvalue weighted by molar-refractivity contribution is -0.144. The van der Waals surface area contributed by atoms with Gasteiger partial charge in [0.25, 0.3) is 11.8 Å². The van der Waals surface area contributed by atoms with Crippen LogP contribution >= 0.6 is 0 Å². The Balaban J connectivity index is 0.652. The van der Waals surface area contributed by atoms with E-state index in [0.29, 0.717) is 70.3 Å². The third-order valence-electron chi connectivity index (χ3n) is 10.8. The second-order valence-corrected chi connectivity index (χ2v) is 14.9. The minimum atomic E-state index is -1.01. The summed E-state index contributed by atoms with van der Waals surface area (Å²) in [7, 11) is 2.06. The van der Waals surface area contributed by atoms with Gasteiger partial charge in [0.15, 0.2) is 0 Å². The number of benzene rings is 2. The van der Waals surface area contributed by atoms with Crippen molar-refractivity contribution in [1.82, 2.24) is 24.8 Å². The van der Waals surface area contributed by atoms with E-state index >= 15 is 0 Å². The molecule has 1 atom stereocenters. The predicted molar refractivity (Wildman–Crippen MR) is 210 cm³/mol. The molecule has 302 valence electrons. The molecule has 2 N–H and O–H groups in total. The van der Waals surface area contributed by atoms with Gasteiger partial charge < -0.3 is 33.4 Å². The number of aryl methyl sites for hydroxylation is 1. The monoisotopic (exact) mass is 791 g/mol. The number of nitrogens with zero attached hydrogens (tertiary/aromatic N) is 4. The molecule has 5 heterocycles. The van der Waals surface area contributed by atoms with Crippen molar-refractivity contribution in [3.05, 3.63) is 84.3 Å². The SMILES string of the molecule is Cn1c2ccncc2c2ccc(-c3ccc(OC4CC(O)(COCCCOCCCOCCOc5ccc6c(c5)C(=O)N(C5CCC(=O)NC5=O)C6=O)C4)nc3)cc21. The molecular formula is C43H45N5O10. The molecule has 3 aliphatic rings. The van der Waals surface area contributed by atoms with Crippen LogP contribution in [-0.2, 0) is 30.8 Å². The molecule has 5 aromatic rings. The number of carbonyl (C=O) groups excluding carboxylic acids is 4. The van der Waals surface area contributed by atoms with Gasteiger partial charge in [0.05, 0.1) is 35.5 Å². The van der Waals surface area contributed by atoms with Crippen molar-refractivity contribution >= 4 is 45.4 Å². The molecule has 2 fully saturated rings. The molecule has 58 heavy (non-hydrogen) atoms. The number of ether oxygens (including phenoxy) is 5. The second-order valence-electron chi connectivity index (χ2n) is 14.9. The lowest BCUT2D eigenvalue weighted by Gasteiger charge is -2.42. The lowest BCUT2D eigenvalue weighted by Crippen LogP contribution is -2.54. The molecule has 15 heteroatoms. The van der Waals surface area contributed by atoms with Crippen LogP contribution in [0, 0.1) is 0 Å². The van der Waals surface area contributed by atoms with Gasteiger partial charge in [-0.05, 0) is 61.2 Å². The molecule has 4 amide bonds. The summed E-state index contributed by atoms with van der Waals surface area (Å²) < 4.78 is 31.0. The zero-order chi connectivity index (χ0) is 40.2. The van der Waals surface area contributed by atoms with Crippen LogP contribution in [0.5, 0.6) is 11.6 Å². The largest absolute Gasteiger partial charge is 0.491 e. The summed E-state index contributed by atoms with van der Waals surface area (Å²) in [6.45, 7) is 2.81. The number of carbonyl (C=O) groups is 4. The fraction of sp³-hybridized carbons (Fsp3) is 0.395. The van der Waals surface area contributed by atoms with Crippen LogP contribution in [0.3, 0.4) is 0 Å². The maximum absolute atomic E-state index is 13.0. The highest BCUT2D eigenvalue weighted by Crippen LogP contribution is 2.36. The summed E-state index contributed by atoms with van der Waals surface area (Å²) in [5.74, 6) is -1.28. The van der Waals surface area contributed by atoms with Crippen molar-refractivity contribution in [3.63, 3.8) is 0 Å². The highest BCUT2D eigenvalue weighted by atomic mass is 16.5. The van der Waals surface area contributed by atoms with E-state index in [9.17, 15) is 24.3 Å². The zero-order valence-electron chi connectivity index (χ0n) is 32.2. The van der Waals surface area contributed by atoms with E-state index in [4.69, 9.17) is 23.7 Å². The average molecular weight is 792 g/mol. The van der Waals surface area contributed by atoms with Gasteiger partial charge in [0.1, 0.15) is 24.5 Å². The molecule has 15 nitrogen and oxygen atoms in total. The highest BCUT2D eigenvalue weighted by molar-refractivity contribution is 6.23.